The molecule has 15 heavy (non-hydrogen) atoms. The molecule has 1 aliphatic heterocycles. The minimum absolute atomic E-state index is 0.0169. The Morgan fingerprint density at radius 2 is 1.87 bits per heavy atom. The van der Waals surface area contributed by atoms with E-state index in [2.05, 4.69) is 19.2 Å². The number of nitrogens with zero attached hydrogens (tertiary/aromatic N) is 1. The number of carbonyl (C=O) groups is 2. The Labute approximate surface area is 91.0 Å². The van der Waals surface area contributed by atoms with Gasteiger partial charge in [-0.2, -0.15) is 0 Å². The van der Waals surface area contributed by atoms with Gasteiger partial charge in [0, 0.05) is 25.4 Å². The molecule has 1 unspecified atom stereocenters. The maximum Gasteiger partial charge on any atom is 0.229 e. The highest BCUT2D eigenvalue weighted by atomic mass is 16.2. The SMILES string of the molecule is CCCNC(CC)CN1C(=O)CCC1=O. The van der Waals surface area contributed by atoms with Crippen LogP contribution in [0.1, 0.15) is 39.5 Å². The highest BCUT2D eigenvalue weighted by Gasteiger charge is 2.30. The molecule has 1 fully saturated rings. The van der Waals surface area contributed by atoms with Crippen LogP contribution in [0.25, 0.3) is 0 Å². The van der Waals surface area contributed by atoms with Crippen molar-refractivity contribution in [1.82, 2.24) is 10.2 Å². The van der Waals surface area contributed by atoms with Crippen LogP contribution in [0.15, 0.2) is 0 Å². The zero-order chi connectivity index (χ0) is 11.3. The van der Waals surface area contributed by atoms with Gasteiger partial charge in [-0.15, -0.1) is 0 Å². The lowest BCUT2D eigenvalue weighted by Gasteiger charge is -2.22. The van der Waals surface area contributed by atoms with Gasteiger partial charge in [0.15, 0.2) is 0 Å². The molecule has 0 aliphatic carbocycles. The van der Waals surface area contributed by atoms with Gasteiger partial charge >= 0.3 is 0 Å². The summed E-state index contributed by atoms with van der Waals surface area (Å²) in [5.41, 5.74) is 0. The molecule has 86 valence electrons. The fourth-order valence-corrected chi connectivity index (χ4v) is 1.73. The number of likely N-dealkylation sites (tertiary alicyclic amines) is 1. The molecular formula is C11H20N2O2. The molecule has 4 heteroatoms. The van der Waals surface area contributed by atoms with Crippen LogP contribution in [0, 0.1) is 0 Å². The molecule has 1 rings (SSSR count). The molecular weight excluding hydrogens is 192 g/mol. The van der Waals surface area contributed by atoms with Crippen LogP contribution in [-0.4, -0.2) is 35.8 Å². The second kappa shape index (κ2) is 5.85. The van der Waals surface area contributed by atoms with E-state index >= 15 is 0 Å². The summed E-state index contributed by atoms with van der Waals surface area (Å²) in [5, 5.41) is 3.34. The van der Waals surface area contributed by atoms with Crippen molar-refractivity contribution in [3.8, 4) is 0 Å². The van der Waals surface area contributed by atoms with Crippen molar-refractivity contribution in [2.45, 2.75) is 45.6 Å². The minimum Gasteiger partial charge on any atom is -0.312 e. The molecule has 1 heterocycles. The first-order valence-electron chi connectivity index (χ1n) is 5.75. The topological polar surface area (TPSA) is 49.4 Å². The van der Waals surface area contributed by atoms with E-state index in [1.807, 2.05) is 0 Å². The van der Waals surface area contributed by atoms with Crippen molar-refractivity contribution in [2.75, 3.05) is 13.1 Å². The van der Waals surface area contributed by atoms with E-state index in [-0.39, 0.29) is 17.9 Å². The van der Waals surface area contributed by atoms with E-state index in [1.165, 1.54) is 4.90 Å². The predicted octanol–water partition coefficient (Wildman–Crippen LogP) is 0.914. The Kier molecular flexibility index (Phi) is 4.75. The van der Waals surface area contributed by atoms with E-state index in [4.69, 9.17) is 0 Å². The summed E-state index contributed by atoms with van der Waals surface area (Å²) in [6.45, 7) is 5.65. The van der Waals surface area contributed by atoms with Gasteiger partial charge in [-0.25, -0.2) is 0 Å². The Hall–Kier alpha value is -0.900. The zero-order valence-corrected chi connectivity index (χ0v) is 9.58. The number of rotatable bonds is 6. The average Bonchev–Trinajstić information content (AvgIpc) is 2.55. The molecule has 1 N–H and O–H groups in total. The molecule has 0 radical (unpaired) electrons. The maximum atomic E-state index is 11.4. The standard InChI is InChI=1S/C11H20N2O2/c1-3-7-12-9(4-2)8-13-10(14)5-6-11(13)15/h9,12H,3-8H2,1-2H3. The van der Waals surface area contributed by atoms with Gasteiger partial charge < -0.3 is 5.32 Å². The monoisotopic (exact) mass is 212 g/mol. The Bertz CT molecular complexity index is 225. The first-order chi connectivity index (χ1) is 7.19. The first kappa shape index (κ1) is 12.2. The Morgan fingerprint density at radius 1 is 1.27 bits per heavy atom. The second-order valence-electron chi connectivity index (χ2n) is 3.96. The Balaban J connectivity index is 2.43. The van der Waals surface area contributed by atoms with Crippen molar-refractivity contribution in [1.29, 1.82) is 0 Å². The van der Waals surface area contributed by atoms with Crippen molar-refractivity contribution in [3.05, 3.63) is 0 Å². The lowest BCUT2D eigenvalue weighted by molar-refractivity contribution is -0.138. The summed E-state index contributed by atoms with van der Waals surface area (Å²) < 4.78 is 0. The molecule has 0 bridgehead atoms. The third-order valence-corrected chi connectivity index (χ3v) is 2.73. The van der Waals surface area contributed by atoms with Crippen LogP contribution >= 0.6 is 0 Å². The lowest BCUT2D eigenvalue weighted by atomic mass is 10.2. The summed E-state index contributed by atoms with van der Waals surface area (Å²) in [5.74, 6) is -0.0338. The molecule has 0 saturated carbocycles. The predicted molar refractivity (Wildman–Crippen MR) is 58.3 cm³/mol. The zero-order valence-electron chi connectivity index (χ0n) is 9.58. The smallest absolute Gasteiger partial charge is 0.229 e. The molecule has 0 aromatic rings. The van der Waals surface area contributed by atoms with Crippen LogP contribution in [-0.2, 0) is 9.59 Å². The number of hydrogen-bond donors (Lipinski definition) is 1. The van der Waals surface area contributed by atoms with Crippen LogP contribution < -0.4 is 5.32 Å². The number of nitrogens with one attached hydrogen (secondary N) is 1. The first-order valence-corrected chi connectivity index (χ1v) is 5.75. The summed E-state index contributed by atoms with van der Waals surface area (Å²) in [6, 6.07) is 0.246. The minimum atomic E-state index is -0.0169. The van der Waals surface area contributed by atoms with Gasteiger partial charge in [0.1, 0.15) is 0 Å². The highest BCUT2D eigenvalue weighted by molar-refractivity contribution is 6.01. The molecule has 0 aromatic heterocycles. The largest absolute Gasteiger partial charge is 0.312 e. The van der Waals surface area contributed by atoms with Crippen LogP contribution in [0.5, 0.6) is 0 Å². The van der Waals surface area contributed by atoms with Crippen molar-refractivity contribution >= 4 is 11.8 Å². The van der Waals surface area contributed by atoms with E-state index in [1.54, 1.807) is 0 Å². The third kappa shape index (κ3) is 3.30. The number of amides is 2. The van der Waals surface area contributed by atoms with Gasteiger partial charge in [-0.3, -0.25) is 14.5 Å². The molecule has 1 aliphatic rings. The highest BCUT2D eigenvalue weighted by Crippen LogP contribution is 2.12. The average molecular weight is 212 g/mol. The van der Waals surface area contributed by atoms with Crippen molar-refractivity contribution in [3.63, 3.8) is 0 Å². The van der Waals surface area contributed by atoms with Crippen LogP contribution in [0.2, 0.25) is 0 Å². The molecule has 4 nitrogen and oxygen atoms in total. The second-order valence-corrected chi connectivity index (χ2v) is 3.96. The van der Waals surface area contributed by atoms with Gasteiger partial charge in [0.2, 0.25) is 11.8 Å². The molecule has 1 saturated heterocycles. The van der Waals surface area contributed by atoms with Gasteiger partial charge in [0.05, 0.1) is 0 Å². The number of carbonyl (C=O) groups excluding carboxylic acids is 2. The summed E-state index contributed by atoms with van der Waals surface area (Å²) >= 11 is 0. The van der Waals surface area contributed by atoms with Gasteiger partial charge in [0.25, 0.3) is 0 Å². The van der Waals surface area contributed by atoms with Crippen molar-refractivity contribution in [2.24, 2.45) is 0 Å². The molecule has 0 spiro atoms. The van der Waals surface area contributed by atoms with Gasteiger partial charge in [-0.1, -0.05) is 13.8 Å². The van der Waals surface area contributed by atoms with Gasteiger partial charge in [-0.05, 0) is 19.4 Å². The molecule has 0 aromatic carbocycles. The quantitative estimate of drug-likeness (QED) is 0.666. The van der Waals surface area contributed by atoms with Crippen LogP contribution in [0.4, 0.5) is 0 Å². The number of hydrogen-bond acceptors (Lipinski definition) is 3. The fourth-order valence-electron chi connectivity index (χ4n) is 1.73. The number of imide groups is 1. The molecule has 1 atom stereocenters. The Morgan fingerprint density at radius 3 is 2.33 bits per heavy atom. The van der Waals surface area contributed by atoms with E-state index in [0.717, 1.165) is 19.4 Å². The molecule has 2 amide bonds. The lowest BCUT2D eigenvalue weighted by Crippen LogP contribution is -2.43. The maximum absolute atomic E-state index is 11.4. The summed E-state index contributed by atoms with van der Waals surface area (Å²) in [6.07, 6.45) is 2.79. The summed E-state index contributed by atoms with van der Waals surface area (Å²) in [4.78, 5) is 24.2. The van der Waals surface area contributed by atoms with E-state index in [9.17, 15) is 9.59 Å². The third-order valence-electron chi connectivity index (χ3n) is 2.73. The van der Waals surface area contributed by atoms with E-state index in [0.29, 0.717) is 19.4 Å². The van der Waals surface area contributed by atoms with Crippen LogP contribution in [0.3, 0.4) is 0 Å². The fraction of sp³-hybridized carbons (Fsp3) is 0.818. The normalized spacial score (nSPS) is 18.7. The summed E-state index contributed by atoms with van der Waals surface area (Å²) in [7, 11) is 0. The van der Waals surface area contributed by atoms with Crippen molar-refractivity contribution < 1.29 is 9.59 Å². The van der Waals surface area contributed by atoms with E-state index < -0.39 is 0 Å².